The van der Waals surface area contributed by atoms with Crippen molar-refractivity contribution in [2.75, 3.05) is 18.5 Å². The third kappa shape index (κ3) is 3.86. The molecule has 0 saturated carbocycles. The molecule has 0 atom stereocenters. The van der Waals surface area contributed by atoms with Crippen LogP contribution in [0.3, 0.4) is 0 Å². The number of thioether (sulfide) groups is 1. The summed E-state index contributed by atoms with van der Waals surface area (Å²) in [5.74, 6) is 0.545. The van der Waals surface area contributed by atoms with E-state index in [2.05, 4.69) is 20.6 Å². The van der Waals surface area contributed by atoms with Crippen molar-refractivity contribution in [1.29, 1.82) is 0 Å². The lowest BCUT2D eigenvalue weighted by Crippen LogP contribution is -2.17. The summed E-state index contributed by atoms with van der Waals surface area (Å²) in [7, 11) is 0. The molecule has 1 aliphatic rings. The summed E-state index contributed by atoms with van der Waals surface area (Å²) in [5, 5.41) is 17.7. The molecule has 2 aromatic heterocycles. The Bertz CT molecular complexity index is 1080. The van der Waals surface area contributed by atoms with Crippen LogP contribution in [0.1, 0.15) is 4.88 Å². The fraction of sp³-hybridized carbons (Fsp3) is 0.111. The molecule has 3 N–H and O–H groups in total. The molecule has 0 bridgehead atoms. The second-order valence-electron chi connectivity index (χ2n) is 5.69. The molecule has 3 aromatic rings. The second kappa shape index (κ2) is 7.73. The molecule has 1 aliphatic heterocycles. The number of benzene rings is 1. The van der Waals surface area contributed by atoms with Crippen molar-refractivity contribution >= 4 is 68.3 Å². The number of aliphatic hydroxyl groups excluding tert-OH is 1. The summed E-state index contributed by atoms with van der Waals surface area (Å²) in [5.41, 5.74) is 2.92. The van der Waals surface area contributed by atoms with Crippen LogP contribution < -0.4 is 10.6 Å². The first-order valence-electron chi connectivity index (χ1n) is 8.07. The van der Waals surface area contributed by atoms with Crippen LogP contribution in [0.5, 0.6) is 0 Å². The van der Waals surface area contributed by atoms with E-state index in [1.165, 1.54) is 18.1 Å². The summed E-state index contributed by atoms with van der Waals surface area (Å²) < 4.78 is 0.487. The lowest BCUT2D eigenvalue weighted by molar-refractivity contribution is -0.115. The predicted octanol–water partition coefficient (Wildman–Crippen LogP) is 3.25. The maximum Gasteiger partial charge on any atom is 0.263 e. The Hall–Kier alpha value is -2.33. The molecular formula is C18H14N4O2S3. The Morgan fingerprint density at radius 1 is 1.26 bits per heavy atom. The van der Waals surface area contributed by atoms with Crippen molar-refractivity contribution in [3.8, 4) is 11.1 Å². The molecule has 1 saturated heterocycles. The van der Waals surface area contributed by atoms with Gasteiger partial charge in [-0.05, 0) is 40.8 Å². The average molecular weight is 415 g/mol. The van der Waals surface area contributed by atoms with E-state index in [1.807, 2.05) is 35.7 Å². The van der Waals surface area contributed by atoms with Crippen molar-refractivity contribution in [3.63, 3.8) is 0 Å². The average Bonchev–Trinajstić information content (AvgIpc) is 3.26. The van der Waals surface area contributed by atoms with E-state index >= 15 is 0 Å². The number of carbonyl (C=O) groups is 1. The number of aliphatic hydroxyl groups is 1. The van der Waals surface area contributed by atoms with Crippen LogP contribution in [-0.4, -0.2) is 38.5 Å². The molecule has 27 heavy (non-hydrogen) atoms. The lowest BCUT2D eigenvalue weighted by Gasteiger charge is -2.08. The quantitative estimate of drug-likeness (QED) is 0.436. The molecule has 1 fully saturated rings. The van der Waals surface area contributed by atoms with E-state index in [1.54, 1.807) is 11.3 Å². The molecule has 0 spiro atoms. The minimum absolute atomic E-state index is 0.0305. The molecule has 0 aliphatic carbocycles. The highest BCUT2D eigenvalue weighted by Gasteiger charge is 2.22. The highest BCUT2D eigenvalue weighted by atomic mass is 32.2. The van der Waals surface area contributed by atoms with Crippen LogP contribution in [-0.2, 0) is 4.79 Å². The van der Waals surface area contributed by atoms with Crippen LogP contribution in [0.2, 0.25) is 0 Å². The van der Waals surface area contributed by atoms with Gasteiger partial charge in [-0.25, -0.2) is 9.97 Å². The Labute approximate surface area is 168 Å². The van der Waals surface area contributed by atoms with Crippen molar-refractivity contribution in [1.82, 2.24) is 15.3 Å². The number of rotatable bonds is 5. The first-order valence-corrected chi connectivity index (χ1v) is 10.2. The van der Waals surface area contributed by atoms with E-state index in [0.29, 0.717) is 21.6 Å². The smallest absolute Gasteiger partial charge is 0.263 e. The van der Waals surface area contributed by atoms with Crippen molar-refractivity contribution < 1.29 is 9.90 Å². The zero-order valence-electron chi connectivity index (χ0n) is 13.9. The van der Waals surface area contributed by atoms with Crippen LogP contribution in [0.15, 0.2) is 40.9 Å². The number of nitrogens with one attached hydrogen (secondary N) is 2. The Morgan fingerprint density at radius 2 is 2.15 bits per heavy atom. The van der Waals surface area contributed by atoms with Gasteiger partial charge in [0.05, 0.1) is 17.0 Å². The zero-order valence-corrected chi connectivity index (χ0v) is 16.4. The number of hydrogen-bond donors (Lipinski definition) is 3. The normalized spacial score (nSPS) is 15.5. The third-order valence-corrected chi connectivity index (χ3v) is 5.95. The third-order valence-electron chi connectivity index (χ3n) is 3.91. The van der Waals surface area contributed by atoms with Crippen molar-refractivity contribution in [2.24, 2.45) is 0 Å². The van der Waals surface area contributed by atoms with E-state index in [0.717, 1.165) is 26.9 Å². The van der Waals surface area contributed by atoms with E-state index in [4.69, 9.17) is 17.3 Å². The fourth-order valence-corrected chi connectivity index (χ4v) is 4.64. The molecule has 9 heteroatoms. The SMILES string of the molecule is O=C1NC(=S)S/C1=C\c1cc(-c2ccc3ncnc(NCCO)c3c2)cs1. The molecular weight excluding hydrogens is 400 g/mol. The maximum atomic E-state index is 11.8. The van der Waals surface area contributed by atoms with Gasteiger partial charge in [0.15, 0.2) is 0 Å². The molecule has 3 heterocycles. The monoisotopic (exact) mass is 414 g/mol. The van der Waals surface area contributed by atoms with E-state index in [9.17, 15) is 4.79 Å². The van der Waals surface area contributed by atoms with Crippen molar-refractivity contribution in [3.05, 3.63) is 45.8 Å². The second-order valence-corrected chi connectivity index (χ2v) is 8.36. The molecule has 4 rings (SSSR count). The summed E-state index contributed by atoms with van der Waals surface area (Å²) in [6.45, 7) is 0.455. The first-order chi connectivity index (χ1) is 13.1. The summed E-state index contributed by atoms with van der Waals surface area (Å²) in [6.07, 6.45) is 3.36. The molecule has 6 nitrogen and oxygen atoms in total. The Kier molecular flexibility index (Phi) is 5.17. The van der Waals surface area contributed by atoms with Gasteiger partial charge in [0, 0.05) is 16.8 Å². The van der Waals surface area contributed by atoms with Crippen molar-refractivity contribution in [2.45, 2.75) is 0 Å². The van der Waals surface area contributed by atoms with Crippen LogP contribution in [0, 0.1) is 0 Å². The number of carbonyl (C=O) groups excluding carboxylic acids is 1. The first kappa shape index (κ1) is 18.1. The summed E-state index contributed by atoms with van der Waals surface area (Å²) >= 11 is 7.86. The van der Waals surface area contributed by atoms with Gasteiger partial charge in [-0.1, -0.05) is 30.0 Å². The topological polar surface area (TPSA) is 87.1 Å². The number of hydrogen-bond acceptors (Lipinski definition) is 8. The zero-order chi connectivity index (χ0) is 18.8. The number of amides is 1. The predicted molar refractivity (Wildman–Crippen MR) is 115 cm³/mol. The molecule has 1 aromatic carbocycles. The molecule has 0 radical (unpaired) electrons. The summed E-state index contributed by atoms with van der Waals surface area (Å²) in [4.78, 5) is 22.0. The number of fused-ring (bicyclic) bond motifs is 1. The van der Waals surface area contributed by atoms with Gasteiger partial charge < -0.3 is 15.7 Å². The highest BCUT2D eigenvalue weighted by Crippen LogP contribution is 2.33. The maximum absolute atomic E-state index is 11.8. The van der Waals surface area contributed by atoms with Gasteiger partial charge in [0.2, 0.25) is 0 Å². The van der Waals surface area contributed by atoms with Gasteiger partial charge in [-0.2, -0.15) is 0 Å². The number of thiophene rings is 1. The Morgan fingerprint density at radius 3 is 2.93 bits per heavy atom. The van der Waals surface area contributed by atoms with Gasteiger partial charge in [0.1, 0.15) is 16.5 Å². The number of thiocarbonyl (C=S) groups is 1. The van der Waals surface area contributed by atoms with Crippen LogP contribution >= 0.6 is 35.3 Å². The minimum atomic E-state index is -0.151. The van der Waals surface area contributed by atoms with Gasteiger partial charge in [-0.15, -0.1) is 11.3 Å². The van der Waals surface area contributed by atoms with Crippen LogP contribution in [0.25, 0.3) is 28.1 Å². The molecule has 136 valence electrons. The largest absolute Gasteiger partial charge is 0.395 e. The summed E-state index contributed by atoms with van der Waals surface area (Å²) in [6, 6.07) is 8.03. The van der Waals surface area contributed by atoms with E-state index < -0.39 is 0 Å². The van der Waals surface area contributed by atoms with Crippen LogP contribution in [0.4, 0.5) is 5.82 Å². The standard InChI is InChI=1S/C18H14N4O2S3/c23-4-3-19-16-13-6-10(1-2-14(13)20-9-21-16)11-5-12(26-8-11)7-15-17(24)22-18(25)27-15/h1-2,5-9,23H,3-4H2,(H,19,20,21)(H,22,24,25)/b15-7-. The number of aromatic nitrogens is 2. The van der Waals surface area contributed by atoms with E-state index in [-0.39, 0.29) is 12.5 Å². The van der Waals surface area contributed by atoms with Gasteiger partial charge in [0.25, 0.3) is 5.91 Å². The minimum Gasteiger partial charge on any atom is -0.395 e. The highest BCUT2D eigenvalue weighted by molar-refractivity contribution is 8.26. The lowest BCUT2D eigenvalue weighted by atomic mass is 10.1. The van der Waals surface area contributed by atoms with Gasteiger partial charge >= 0.3 is 0 Å². The van der Waals surface area contributed by atoms with Gasteiger partial charge in [-0.3, -0.25) is 4.79 Å². The fourth-order valence-electron chi connectivity index (χ4n) is 2.68. The number of nitrogens with zero attached hydrogens (tertiary/aromatic N) is 2. The molecule has 1 amide bonds. The Balaban J connectivity index is 1.67. The number of anilines is 1. The molecule has 0 unspecified atom stereocenters.